The maximum Gasteiger partial charge on any atom is 0.306 e. The van der Waals surface area contributed by atoms with Gasteiger partial charge in [0.25, 0.3) is 0 Å². The number of hydrogen-bond donors (Lipinski definition) is 2. The maximum absolute atomic E-state index is 10.5. The van der Waals surface area contributed by atoms with Crippen LogP contribution >= 0.6 is 31.9 Å². The van der Waals surface area contributed by atoms with Crippen molar-refractivity contribution in [1.29, 1.82) is 0 Å². The standard InChI is InChI=1S/C12H12Br2N4O3/c13-8-1-2-12(11(14)3-8)15-5-10(19)7-17-6-9(4-16-17)18(20)21/h1-4,6,10,15,19H,5,7H2. The summed E-state index contributed by atoms with van der Waals surface area (Å²) < 4.78 is 3.17. The summed E-state index contributed by atoms with van der Waals surface area (Å²) in [7, 11) is 0. The van der Waals surface area contributed by atoms with Gasteiger partial charge in [-0.3, -0.25) is 14.8 Å². The molecule has 0 bridgehead atoms. The Hall–Kier alpha value is -1.45. The van der Waals surface area contributed by atoms with Crippen molar-refractivity contribution < 1.29 is 10.0 Å². The molecule has 0 radical (unpaired) electrons. The largest absolute Gasteiger partial charge is 0.389 e. The van der Waals surface area contributed by atoms with Gasteiger partial charge in [0.1, 0.15) is 12.4 Å². The normalized spacial score (nSPS) is 12.1. The van der Waals surface area contributed by atoms with Crippen LogP contribution in [0, 0.1) is 10.1 Å². The predicted octanol–water partition coefficient (Wildman–Crippen LogP) is 2.79. The fourth-order valence-electron chi connectivity index (χ4n) is 1.69. The molecule has 0 saturated heterocycles. The van der Waals surface area contributed by atoms with E-state index in [9.17, 15) is 15.2 Å². The summed E-state index contributed by atoms with van der Waals surface area (Å²) >= 11 is 6.78. The Morgan fingerprint density at radius 2 is 2.24 bits per heavy atom. The van der Waals surface area contributed by atoms with Gasteiger partial charge >= 0.3 is 5.69 Å². The van der Waals surface area contributed by atoms with Crippen LogP contribution in [0.25, 0.3) is 0 Å². The van der Waals surface area contributed by atoms with Crippen molar-refractivity contribution in [3.63, 3.8) is 0 Å². The maximum atomic E-state index is 10.5. The van der Waals surface area contributed by atoms with Crippen LogP contribution in [0.5, 0.6) is 0 Å². The number of nitrogens with zero attached hydrogens (tertiary/aromatic N) is 3. The summed E-state index contributed by atoms with van der Waals surface area (Å²) in [5, 5.41) is 27.4. The molecule has 0 fully saturated rings. The van der Waals surface area contributed by atoms with Gasteiger partial charge in [-0.05, 0) is 34.1 Å². The van der Waals surface area contributed by atoms with Crippen molar-refractivity contribution in [3.8, 4) is 0 Å². The Kier molecular flexibility index (Phi) is 5.32. The highest BCUT2D eigenvalue weighted by atomic mass is 79.9. The molecule has 112 valence electrons. The number of nitrogens with one attached hydrogen (secondary N) is 1. The molecule has 0 amide bonds. The Bertz CT molecular complexity index is 647. The van der Waals surface area contributed by atoms with Crippen LogP contribution in [0.3, 0.4) is 0 Å². The van der Waals surface area contributed by atoms with E-state index in [1.54, 1.807) is 0 Å². The number of aliphatic hydroxyl groups excluding tert-OH is 1. The molecule has 7 nitrogen and oxygen atoms in total. The highest BCUT2D eigenvalue weighted by Gasteiger charge is 2.12. The van der Waals surface area contributed by atoms with Gasteiger partial charge in [-0.15, -0.1) is 0 Å². The van der Waals surface area contributed by atoms with E-state index >= 15 is 0 Å². The topological polar surface area (TPSA) is 93.2 Å². The smallest absolute Gasteiger partial charge is 0.306 e. The average Bonchev–Trinajstić information content (AvgIpc) is 2.86. The van der Waals surface area contributed by atoms with Gasteiger partial charge in [0, 0.05) is 21.2 Å². The van der Waals surface area contributed by atoms with Crippen LogP contribution in [0.4, 0.5) is 11.4 Å². The monoisotopic (exact) mass is 418 g/mol. The van der Waals surface area contributed by atoms with Crippen LogP contribution in [0.15, 0.2) is 39.5 Å². The van der Waals surface area contributed by atoms with Gasteiger partial charge in [-0.1, -0.05) is 15.9 Å². The third-order valence-electron chi connectivity index (χ3n) is 2.69. The van der Waals surface area contributed by atoms with Crippen molar-refractivity contribution in [2.45, 2.75) is 12.6 Å². The minimum atomic E-state index is -0.722. The third kappa shape index (κ3) is 4.51. The van der Waals surface area contributed by atoms with E-state index in [1.807, 2.05) is 18.2 Å². The Balaban J connectivity index is 1.89. The van der Waals surface area contributed by atoms with Gasteiger partial charge < -0.3 is 10.4 Å². The van der Waals surface area contributed by atoms with Crippen molar-refractivity contribution in [1.82, 2.24) is 9.78 Å². The fourth-order valence-corrected chi connectivity index (χ4v) is 2.88. The number of hydrogen-bond acceptors (Lipinski definition) is 5. The summed E-state index contributed by atoms with van der Waals surface area (Å²) in [5.41, 5.74) is 0.759. The SMILES string of the molecule is O=[N+]([O-])c1cnn(CC(O)CNc2ccc(Br)cc2Br)c1. The summed E-state index contributed by atoms with van der Waals surface area (Å²) in [6.07, 6.45) is 1.73. The molecule has 1 atom stereocenters. The minimum Gasteiger partial charge on any atom is -0.389 e. The van der Waals surface area contributed by atoms with Crippen molar-refractivity contribution >= 4 is 43.2 Å². The number of halogens is 2. The highest BCUT2D eigenvalue weighted by Crippen LogP contribution is 2.26. The molecule has 9 heteroatoms. The Morgan fingerprint density at radius 3 is 2.86 bits per heavy atom. The average molecular weight is 420 g/mol. The van der Waals surface area contributed by atoms with E-state index in [1.165, 1.54) is 10.9 Å². The first-order valence-corrected chi connectivity index (χ1v) is 7.58. The molecule has 0 aliphatic rings. The van der Waals surface area contributed by atoms with E-state index in [0.29, 0.717) is 6.54 Å². The number of aliphatic hydroxyl groups is 1. The first-order valence-electron chi connectivity index (χ1n) is 5.99. The van der Waals surface area contributed by atoms with E-state index in [0.717, 1.165) is 20.8 Å². The summed E-state index contributed by atoms with van der Waals surface area (Å²) in [6, 6.07) is 5.65. The van der Waals surface area contributed by atoms with Gasteiger partial charge in [0.05, 0.1) is 17.6 Å². The van der Waals surface area contributed by atoms with Gasteiger partial charge in [0.2, 0.25) is 0 Å². The zero-order valence-electron chi connectivity index (χ0n) is 10.7. The molecule has 1 aromatic heterocycles. The molecular formula is C12H12Br2N4O3. The molecule has 2 rings (SSSR count). The fraction of sp³-hybridized carbons (Fsp3) is 0.250. The highest BCUT2D eigenvalue weighted by molar-refractivity contribution is 9.11. The second-order valence-corrected chi connectivity index (χ2v) is 6.11. The van der Waals surface area contributed by atoms with E-state index < -0.39 is 11.0 Å². The van der Waals surface area contributed by atoms with Crippen molar-refractivity contribution in [3.05, 3.63) is 49.7 Å². The first-order chi connectivity index (χ1) is 9.95. The molecule has 0 aliphatic heterocycles. The summed E-state index contributed by atoms with van der Waals surface area (Å²) in [5.74, 6) is 0. The van der Waals surface area contributed by atoms with Gasteiger partial charge in [0.15, 0.2) is 0 Å². The molecular weight excluding hydrogens is 408 g/mol. The van der Waals surface area contributed by atoms with Crippen LogP contribution in [0.2, 0.25) is 0 Å². The van der Waals surface area contributed by atoms with Gasteiger partial charge in [-0.2, -0.15) is 5.10 Å². The molecule has 2 aromatic rings. The van der Waals surface area contributed by atoms with Crippen LogP contribution in [-0.4, -0.2) is 32.5 Å². The van der Waals surface area contributed by atoms with Crippen LogP contribution in [-0.2, 0) is 6.54 Å². The number of anilines is 1. The zero-order chi connectivity index (χ0) is 15.4. The molecule has 21 heavy (non-hydrogen) atoms. The van der Waals surface area contributed by atoms with Crippen LogP contribution < -0.4 is 5.32 Å². The van der Waals surface area contributed by atoms with Crippen molar-refractivity contribution in [2.24, 2.45) is 0 Å². The minimum absolute atomic E-state index is 0.0918. The second-order valence-electron chi connectivity index (χ2n) is 4.34. The van der Waals surface area contributed by atoms with Crippen molar-refractivity contribution in [2.75, 3.05) is 11.9 Å². The van der Waals surface area contributed by atoms with E-state index in [-0.39, 0.29) is 12.2 Å². The number of benzene rings is 1. The summed E-state index contributed by atoms with van der Waals surface area (Å²) in [6.45, 7) is 0.475. The lowest BCUT2D eigenvalue weighted by Crippen LogP contribution is -2.25. The Morgan fingerprint density at radius 1 is 1.48 bits per heavy atom. The zero-order valence-corrected chi connectivity index (χ0v) is 13.9. The van der Waals surface area contributed by atoms with E-state index in [2.05, 4.69) is 42.3 Å². The third-order valence-corrected chi connectivity index (χ3v) is 3.84. The molecule has 1 aromatic carbocycles. The number of rotatable bonds is 6. The number of nitro groups is 1. The second kappa shape index (κ2) is 7.01. The Labute approximate surface area is 137 Å². The van der Waals surface area contributed by atoms with E-state index in [4.69, 9.17) is 0 Å². The lowest BCUT2D eigenvalue weighted by molar-refractivity contribution is -0.385. The van der Waals surface area contributed by atoms with Crippen LogP contribution in [0.1, 0.15) is 0 Å². The van der Waals surface area contributed by atoms with Gasteiger partial charge in [-0.25, -0.2) is 0 Å². The lowest BCUT2D eigenvalue weighted by atomic mass is 10.3. The predicted molar refractivity (Wildman–Crippen MR) is 85.2 cm³/mol. The molecule has 0 aliphatic carbocycles. The molecule has 1 heterocycles. The quantitative estimate of drug-likeness (QED) is 0.554. The first kappa shape index (κ1) is 15.9. The molecule has 1 unspecified atom stereocenters. The summed E-state index contributed by atoms with van der Waals surface area (Å²) in [4.78, 5) is 10.0. The molecule has 2 N–H and O–H groups in total. The number of aromatic nitrogens is 2. The molecule has 0 spiro atoms. The lowest BCUT2D eigenvalue weighted by Gasteiger charge is -2.14. The molecule has 0 saturated carbocycles.